The van der Waals surface area contributed by atoms with Crippen molar-refractivity contribution < 1.29 is 9.59 Å². The van der Waals surface area contributed by atoms with Gasteiger partial charge in [0.05, 0.1) is 22.6 Å². The first-order valence-corrected chi connectivity index (χ1v) is 11.1. The number of amides is 1. The first-order valence-electron chi connectivity index (χ1n) is 10.4. The number of nitrogens with zero attached hydrogens (tertiary/aromatic N) is 3. The zero-order valence-corrected chi connectivity index (χ0v) is 19.5. The summed E-state index contributed by atoms with van der Waals surface area (Å²) in [5, 5.41) is 9.80. The van der Waals surface area contributed by atoms with Crippen molar-refractivity contribution in [3.63, 3.8) is 0 Å². The summed E-state index contributed by atoms with van der Waals surface area (Å²) in [6.07, 6.45) is 0. The minimum Gasteiger partial charge on any atom is -0.340 e. The van der Waals surface area contributed by atoms with Crippen LogP contribution in [0.3, 0.4) is 0 Å². The molecule has 0 aliphatic heterocycles. The van der Waals surface area contributed by atoms with Crippen molar-refractivity contribution in [1.82, 2.24) is 14.0 Å². The Hall–Kier alpha value is -3.35. The Bertz CT molecular complexity index is 1380. The number of rotatable bonds is 7. The molecule has 1 N–H and O–H groups in total. The number of hydrogen-bond donors (Lipinski definition) is 1. The topological polar surface area (TPSA) is 71.1 Å². The van der Waals surface area contributed by atoms with Gasteiger partial charge in [-0.2, -0.15) is 0 Å². The monoisotopic (exact) mass is 480 g/mol. The maximum atomic E-state index is 12.9. The largest absolute Gasteiger partial charge is 0.340 e. The van der Waals surface area contributed by atoms with Crippen LogP contribution in [0.15, 0.2) is 72.8 Å². The van der Waals surface area contributed by atoms with E-state index in [9.17, 15) is 9.59 Å². The normalized spacial score (nSPS) is 11.0. The SMILES string of the molecule is CN(CCn1c(=N)n(CC(=O)c2ccc(Cl)cc2)c2cccc(Cl)c21)C(=O)c1ccccc1. The number of likely N-dealkylation sites (N-methyl/N-ethyl adjacent to an activating group) is 1. The number of aromatic nitrogens is 2. The number of ketones is 1. The molecule has 0 fully saturated rings. The number of para-hydroxylation sites is 1. The fraction of sp³-hybridized carbons (Fsp3) is 0.160. The molecule has 4 aromatic rings. The molecule has 3 aromatic carbocycles. The standard InChI is InChI=1S/C25H22Cl2N4O2/c1-29(24(33)18-6-3-2-4-7-18)14-15-30-23-20(27)8-5-9-21(23)31(25(30)28)16-22(32)17-10-12-19(26)13-11-17/h2-13,28H,14-16H2,1H3. The fourth-order valence-electron chi connectivity index (χ4n) is 3.76. The van der Waals surface area contributed by atoms with E-state index in [0.29, 0.717) is 45.3 Å². The fourth-order valence-corrected chi connectivity index (χ4v) is 4.15. The highest BCUT2D eigenvalue weighted by atomic mass is 35.5. The van der Waals surface area contributed by atoms with Gasteiger partial charge in [0.15, 0.2) is 5.78 Å². The number of carbonyl (C=O) groups excluding carboxylic acids is 2. The van der Waals surface area contributed by atoms with Crippen LogP contribution in [-0.4, -0.2) is 39.3 Å². The summed E-state index contributed by atoms with van der Waals surface area (Å²) in [6, 6.07) is 21.1. The molecule has 1 heterocycles. The van der Waals surface area contributed by atoms with Gasteiger partial charge in [-0.3, -0.25) is 15.0 Å². The van der Waals surface area contributed by atoms with Crippen LogP contribution in [0.2, 0.25) is 10.0 Å². The molecule has 4 rings (SSSR count). The van der Waals surface area contributed by atoms with Gasteiger partial charge in [-0.25, -0.2) is 0 Å². The van der Waals surface area contributed by atoms with Crippen LogP contribution >= 0.6 is 23.2 Å². The quantitative estimate of drug-likeness (QED) is 0.382. The van der Waals surface area contributed by atoms with E-state index in [4.69, 9.17) is 28.6 Å². The number of Topliss-reactive ketones (excluding diaryl/α,β-unsaturated/α-hetero) is 1. The van der Waals surface area contributed by atoms with E-state index in [0.717, 1.165) is 0 Å². The molecule has 0 radical (unpaired) electrons. The number of halogens is 2. The van der Waals surface area contributed by atoms with Crippen molar-refractivity contribution in [2.45, 2.75) is 13.1 Å². The molecule has 6 nitrogen and oxygen atoms in total. The van der Waals surface area contributed by atoms with E-state index in [-0.39, 0.29) is 23.9 Å². The van der Waals surface area contributed by atoms with Crippen LogP contribution in [0, 0.1) is 5.41 Å². The van der Waals surface area contributed by atoms with Gasteiger partial charge < -0.3 is 14.0 Å². The Labute approximate surface area is 201 Å². The minimum atomic E-state index is -0.138. The van der Waals surface area contributed by atoms with Gasteiger partial charge in [0.2, 0.25) is 5.62 Å². The Morgan fingerprint density at radius 1 is 0.879 bits per heavy atom. The summed E-state index contributed by atoms with van der Waals surface area (Å²) < 4.78 is 3.37. The lowest BCUT2D eigenvalue weighted by Gasteiger charge is -2.18. The predicted molar refractivity (Wildman–Crippen MR) is 130 cm³/mol. The summed E-state index contributed by atoms with van der Waals surface area (Å²) in [7, 11) is 1.73. The first-order chi connectivity index (χ1) is 15.9. The van der Waals surface area contributed by atoms with Crippen LogP contribution in [-0.2, 0) is 13.1 Å². The van der Waals surface area contributed by atoms with E-state index in [1.807, 2.05) is 24.3 Å². The third-order valence-electron chi connectivity index (χ3n) is 5.53. The molecule has 0 saturated carbocycles. The number of hydrogen-bond acceptors (Lipinski definition) is 3. The van der Waals surface area contributed by atoms with Gasteiger partial charge in [0.25, 0.3) is 5.91 Å². The van der Waals surface area contributed by atoms with Gasteiger partial charge in [-0.05, 0) is 48.5 Å². The summed E-state index contributed by atoms with van der Waals surface area (Å²) in [5.74, 6) is -0.240. The second-order valence-electron chi connectivity index (χ2n) is 7.69. The van der Waals surface area contributed by atoms with Crippen molar-refractivity contribution >= 4 is 45.9 Å². The van der Waals surface area contributed by atoms with Gasteiger partial charge >= 0.3 is 0 Å². The summed E-state index contributed by atoms with van der Waals surface area (Å²) in [5.41, 5.74) is 2.61. The summed E-state index contributed by atoms with van der Waals surface area (Å²) >= 11 is 12.4. The maximum Gasteiger partial charge on any atom is 0.253 e. The number of imidazole rings is 1. The second kappa shape index (κ2) is 9.65. The highest BCUT2D eigenvalue weighted by Crippen LogP contribution is 2.23. The van der Waals surface area contributed by atoms with Crippen LogP contribution in [0.4, 0.5) is 0 Å². The van der Waals surface area contributed by atoms with Gasteiger partial charge in [-0.1, -0.05) is 47.5 Å². The van der Waals surface area contributed by atoms with E-state index in [1.54, 1.807) is 69.6 Å². The number of nitrogens with one attached hydrogen (secondary N) is 1. The highest BCUT2D eigenvalue weighted by molar-refractivity contribution is 6.35. The van der Waals surface area contributed by atoms with Gasteiger partial charge in [-0.15, -0.1) is 0 Å². The number of benzene rings is 3. The zero-order chi connectivity index (χ0) is 23.5. The molecular weight excluding hydrogens is 459 g/mol. The molecule has 0 atom stereocenters. The van der Waals surface area contributed by atoms with E-state index in [1.165, 1.54) is 0 Å². The van der Waals surface area contributed by atoms with Crippen LogP contribution < -0.4 is 5.62 Å². The Morgan fingerprint density at radius 3 is 2.27 bits per heavy atom. The first kappa shape index (κ1) is 22.8. The van der Waals surface area contributed by atoms with Crippen molar-refractivity contribution in [1.29, 1.82) is 5.41 Å². The molecule has 168 valence electrons. The molecule has 0 aliphatic carbocycles. The second-order valence-corrected chi connectivity index (χ2v) is 8.54. The lowest BCUT2D eigenvalue weighted by Crippen LogP contribution is -2.34. The van der Waals surface area contributed by atoms with Crippen LogP contribution in [0.5, 0.6) is 0 Å². The van der Waals surface area contributed by atoms with Crippen LogP contribution in [0.25, 0.3) is 11.0 Å². The Morgan fingerprint density at radius 2 is 1.58 bits per heavy atom. The zero-order valence-electron chi connectivity index (χ0n) is 18.0. The van der Waals surface area contributed by atoms with E-state index in [2.05, 4.69) is 0 Å². The predicted octanol–water partition coefficient (Wildman–Crippen LogP) is 4.88. The highest BCUT2D eigenvalue weighted by Gasteiger charge is 2.18. The Balaban J connectivity index is 1.63. The molecule has 0 aliphatic rings. The lowest BCUT2D eigenvalue weighted by molar-refractivity contribution is 0.0790. The van der Waals surface area contributed by atoms with Crippen molar-refractivity contribution in [3.05, 3.63) is 99.6 Å². The summed E-state index contributed by atoms with van der Waals surface area (Å²) in [4.78, 5) is 27.2. The van der Waals surface area contributed by atoms with Gasteiger partial charge in [0.1, 0.15) is 0 Å². The lowest BCUT2D eigenvalue weighted by atomic mass is 10.1. The molecule has 0 bridgehead atoms. The molecule has 8 heteroatoms. The van der Waals surface area contributed by atoms with Crippen molar-refractivity contribution in [2.75, 3.05) is 13.6 Å². The molecule has 33 heavy (non-hydrogen) atoms. The average molecular weight is 481 g/mol. The average Bonchev–Trinajstić information content (AvgIpc) is 3.09. The molecule has 1 aromatic heterocycles. The smallest absolute Gasteiger partial charge is 0.253 e. The van der Waals surface area contributed by atoms with Crippen molar-refractivity contribution in [2.24, 2.45) is 0 Å². The summed E-state index contributed by atoms with van der Waals surface area (Å²) in [6.45, 7) is 0.721. The molecule has 0 saturated heterocycles. The van der Waals surface area contributed by atoms with Crippen LogP contribution in [0.1, 0.15) is 20.7 Å². The number of fused-ring (bicyclic) bond motifs is 1. The maximum absolute atomic E-state index is 12.9. The van der Waals surface area contributed by atoms with Gasteiger partial charge in [0, 0.05) is 36.3 Å². The molecule has 0 unspecified atom stereocenters. The molecule has 0 spiro atoms. The third kappa shape index (κ3) is 4.72. The molecular formula is C25H22Cl2N4O2. The third-order valence-corrected chi connectivity index (χ3v) is 6.09. The number of carbonyl (C=O) groups is 2. The Kier molecular flexibility index (Phi) is 6.67. The molecule has 1 amide bonds. The van der Waals surface area contributed by atoms with E-state index >= 15 is 0 Å². The van der Waals surface area contributed by atoms with Crippen molar-refractivity contribution in [3.8, 4) is 0 Å². The van der Waals surface area contributed by atoms with E-state index < -0.39 is 0 Å². The minimum absolute atomic E-state index is 0.0108.